The summed E-state index contributed by atoms with van der Waals surface area (Å²) in [4.78, 5) is 123. The number of thiophene rings is 1. The lowest BCUT2D eigenvalue weighted by atomic mass is 10.0. The van der Waals surface area contributed by atoms with E-state index in [1.54, 1.807) is 68.5 Å². The van der Waals surface area contributed by atoms with Crippen molar-refractivity contribution in [3.63, 3.8) is 0 Å². The maximum atomic E-state index is 12.5. The smallest absolute Gasteiger partial charge is 0.407 e. The van der Waals surface area contributed by atoms with Crippen LogP contribution in [0, 0.1) is 0 Å². The first-order valence-corrected chi connectivity index (χ1v) is 42.5. The van der Waals surface area contributed by atoms with Gasteiger partial charge in [0.2, 0.25) is 11.9 Å². The van der Waals surface area contributed by atoms with E-state index >= 15 is 0 Å². The number of aromatic nitrogens is 6. The van der Waals surface area contributed by atoms with Crippen molar-refractivity contribution in [1.82, 2.24) is 56.5 Å². The van der Waals surface area contributed by atoms with Gasteiger partial charge in [-0.3, -0.25) is 53.5 Å². The van der Waals surface area contributed by atoms with Gasteiger partial charge < -0.3 is 48.1 Å². The number of nitrogens with one attached hydrogen (secondary N) is 6. The number of nitrogen functional groups attached to an aromatic ring is 2. The fourth-order valence-corrected chi connectivity index (χ4v) is 13.8. The Balaban J connectivity index is 0.000000155. The third-order valence-electron chi connectivity index (χ3n) is 20.0. The molecule has 15 aromatic rings. The van der Waals surface area contributed by atoms with Crippen molar-refractivity contribution < 1.29 is 43.1 Å². The van der Waals surface area contributed by atoms with E-state index in [-0.39, 0.29) is 53.9 Å². The Morgan fingerprint density at radius 1 is 0.409 bits per heavy atom. The number of Topliss-reactive ketones (excluding diaryl/α,β-unsaturated/α-hetero) is 4. The van der Waals surface area contributed by atoms with Crippen LogP contribution >= 0.6 is 11.3 Å². The summed E-state index contributed by atoms with van der Waals surface area (Å²) in [6, 6.07) is 87.8. The normalized spacial score (nSPS) is 10.5. The first-order chi connectivity index (χ1) is 61.9. The molecule has 0 saturated carbocycles. The van der Waals surface area contributed by atoms with Crippen LogP contribution in [-0.4, -0.2) is 90.4 Å². The maximum absolute atomic E-state index is 12.5. The fourth-order valence-electron chi connectivity index (χ4n) is 12.9. The number of anilines is 3. The number of carbonyl (C=O) groups excluding carboxylic acids is 8. The van der Waals surface area contributed by atoms with Crippen molar-refractivity contribution in [3.05, 3.63) is 400 Å². The number of nitrogens with two attached hydrogens (primary N) is 2. The molecule has 642 valence electrons. The predicted molar refractivity (Wildman–Crippen MR) is 502 cm³/mol. The van der Waals surface area contributed by atoms with E-state index in [4.69, 9.17) is 16.2 Å². The Morgan fingerprint density at radius 3 is 1.60 bits per heavy atom. The molecule has 0 aliphatic heterocycles. The molecule has 0 aliphatic carbocycles. The van der Waals surface area contributed by atoms with Gasteiger partial charge in [-0.25, -0.2) is 14.8 Å². The molecule has 0 saturated heterocycles. The number of carbonyl (C=O) groups is 8. The molecule has 0 atom stereocenters. The number of hydrogen-bond acceptors (Lipinski definition) is 20. The summed E-state index contributed by atoms with van der Waals surface area (Å²) in [7, 11) is 1.64. The predicted octanol–water partition coefficient (Wildman–Crippen LogP) is 18.1. The molecule has 0 bridgehead atoms. The van der Waals surface area contributed by atoms with E-state index in [0.29, 0.717) is 109 Å². The second-order valence-corrected chi connectivity index (χ2v) is 30.4. The lowest BCUT2D eigenvalue weighted by molar-refractivity contribution is -0.121. The molecule has 0 spiro atoms. The Labute approximate surface area is 742 Å². The summed E-state index contributed by atoms with van der Waals surface area (Å²) in [5.41, 5.74) is 28.0. The molecule has 15 rings (SSSR count). The second kappa shape index (κ2) is 49.0. The number of hydrogen-bond donors (Lipinski definition) is 8. The molecule has 4 amide bonds. The number of rotatable bonds is 32. The Bertz CT molecular complexity index is 6130. The number of fused-ring (bicyclic) bond motifs is 2. The van der Waals surface area contributed by atoms with Gasteiger partial charge in [-0.1, -0.05) is 214 Å². The number of alkyl carbamates (subject to hydrolysis) is 1. The molecule has 6 heterocycles. The minimum atomic E-state index is -0.511. The first kappa shape index (κ1) is 92.3. The zero-order valence-electron chi connectivity index (χ0n) is 70.9. The topological polar surface area (TPSA) is 347 Å². The lowest BCUT2D eigenvalue weighted by Gasteiger charge is -2.08. The van der Waals surface area contributed by atoms with Crippen LogP contribution in [0.25, 0.3) is 43.5 Å². The van der Waals surface area contributed by atoms with Crippen molar-refractivity contribution in [2.45, 2.75) is 98.1 Å². The zero-order chi connectivity index (χ0) is 89.3. The molecule has 6 aromatic heterocycles. The van der Waals surface area contributed by atoms with Crippen LogP contribution in [0.2, 0.25) is 0 Å². The van der Waals surface area contributed by atoms with Crippen molar-refractivity contribution in [1.29, 1.82) is 0 Å². The van der Waals surface area contributed by atoms with Crippen LogP contribution in [0.3, 0.4) is 0 Å². The van der Waals surface area contributed by atoms with Crippen LogP contribution < -0.4 is 43.4 Å². The Hall–Kier alpha value is -15.4. The number of nitrogens with zero attached hydrogens (tertiary/aromatic N) is 6. The van der Waals surface area contributed by atoms with Crippen LogP contribution in [0.4, 0.5) is 22.1 Å². The lowest BCUT2D eigenvalue weighted by Crippen LogP contribution is -2.23. The van der Waals surface area contributed by atoms with Gasteiger partial charge in [0.15, 0.2) is 17.3 Å². The van der Waals surface area contributed by atoms with E-state index in [0.717, 1.165) is 101 Å². The van der Waals surface area contributed by atoms with E-state index < -0.39 is 6.09 Å². The molecule has 0 fully saturated rings. The average Bonchev–Trinajstić information content (AvgIpc) is 1.24. The average molecular weight is 1710 g/mol. The highest BCUT2D eigenvalue weighted by Gasteiger charge is 2.16. The van der Waals surface area contributed by atoms with Crippen molar-refractivity contribution >= 4 is 97.3 Å². The third-order valence-corrected chi connectivity index (χ3v) is 21.1. The maximum Gasteiger partial charge on any atom is 0.407 e. The highest BCUT2D eigenvalue weighted by molar-refractivity contribution is 7.17. The summed E-state index contributed by atoms with van der Waals surface area (Å²) < 4.78 is 5.13. The summed E-state index contributed by atoms with van der Waals surface area (Å²) in [5, 5.41) is 20.9. The summed E-state index contributed by atoms with van der Waals surface area (Å²) in [6.45, 7) is 7.30. The molecular formula is C103H100N14O9S. The van der Waals surface area contributed by atoms with E-state index in [1.165, 1.54) is 16.9 Å². The van der Waals surface area contributed by atoms with Crippen molar-refractivity contribution in [2.75, 3.05) is 30.4 Å². The Kier molecular flexibility index (Phi) is 35.6. The molecule has 23 nitrogen and oxygen atoms in total. The van der Waals surface area contributed by atoms with Crippen LogP contribution in [0.15, 0.2) is 322 Å². The highest BCUT2D eigenvalue weighted by atomic mass is 32.1. The van der Waals surface area contributed by atoms with Gasteiger partial charge in [-0.05, 0) is 141 Å². The van der Waals surface area contributed by atoms with Crippen molar-refractivity contribution in [2.24, 2.45) is 0 Å². The molecule has 0 unspecified atom stereocenters. The molecular weight excluding hydrogens is 1610 g/mol. The van der Waals surface area contributed by atoms with Gasteiger partial charge in [0, 0.05) is 178 Å². The van der Waals surface area contributed by atoms with E-state index in [1.807, 2.05) is 257 Å². The number of amides is 4. The van der Waals surface area contributed by atoms with E-state index in [9.17, 15) is 38.4 Å². The van der Waals surface area contributed by atoms with Crippen LogP contribution in [0.5, 0.6) is 0 Å². The zero-order valence-corrected chi connectivity index (χ0v) is 71.7. The van der Waals surface area contributed by atoms with Gasteiger partial charge in [0.25, 0.3) is 11.8 Å². The van der Waals surface area contributed by atoms with Crippen molar-refractivity contribution in [3.8, 4) is 21.8 Å². The highest BCUT2D eigenvalue weighted by Crippen LogP contribution is 2.28. The van der Waals surface area contributed by atoms with E-state index in [2.05, 4.69) is 80.0 Å². The number of para-hydroxylation sites is 3. The first-order valence-electron chi connectivity index (χ1n) is 41.6. The second-order valence-electron chi connectivity index (χ2n) is 29.3. The number of ether oxygens (including phenoxy) is 1. The summed E-state index contributed by atoms with van der Waals surface area (Å²) >= 11 is 1.45. The monoisotopic (exact) mass is 1710 g/mol. The molecule has 10 N–H and O–H groups in total. The van der Waals surface area contributed by atoms with Gasteiger partial charge >= 0.3 is 6.09 Å². The minimum Gasteiger partial charge on any atom is -0.445 e. The molecule has 0 aliphatic rings. The molecule has 9 aromatic carbocycles. The molecule has 0 radical (unpaired) electrons. The summed E-state index contributed by atoms with van der Waals surface area (Å²) in [6.07, 6.45) is 14.8. The van der Waals surface area contributed by atoms with Gasteiger partial charge in [0.1, 0.15) is 12.4 Å². The Morgan fingerprint density at radius 2 is 0.976 bits per heavy atom. The third kappa shape index (κ3) is 30.0. The quantitative estimate of drug-likeness (QED) is 0.0110. The van der Waals surface area contributed by atoms with Gasteiger partial charge in [-0.15, -0.1) is 11.3 Å². The van der Waals surface area contributed by atoms with Gasteiger partial charge in [0.05, 0.1) is 26.7 Å². The standard InChI is InChI=1S/C24H21N5O.C22H21N3O3.C21H19NO2.C19H19N3OS.C17H20N2O2/c25-21-6-2-1-4-19(21)14-23(30)18-9-7-17(8-10-18)15-28-24-27-13-11-22(29-24)20-5-3-12-26-16-20;23-20-6-2-1-5-19(20)12-21(26)18-9-7-16(8-10-18)14-25-22(27)28-15-17-4-3-11-24-13-17;1-2-20(23)17-9-7-15(8-10-17)14-22-21(24)19-12-11-16-5-3-4-6-18(16)13-19;1-20-19(23)18-10-9-17(24-18)16-8-7-15(13-22-16)12-21-11-14-5-3-2-4-6-14;1-2-17(21)18-9-5-7-15(20)11-13-10-14-6-3-4-8-16(14)19-12-13/h1-13,16H,14-15,25H2,(H,27,28,29);1-11,13H,12,14-15,23H2,(H,25,27);3-13H,2,14H2,1H3,(H,22,24);2-10,13,21H,11-12H2,1H3,(H,20,23);3-4,6,8,10,12H,2,5,7,9,11H2,1H3,(H,18,21). The number of ketones is 4. The molecule has 24 heteroatoms. The SMILES string of the molecule is CCC(=O)NCCCC(=O)Cc1cnc2ccccc2c1.CCC(=O)c1ccc(CNC(=O)c2ccc3ccccc3c2)cc1.CNC(=O)c1ccc(-c2ccc(CNCc3ccccc3)cn2)s1.Nc1ccccc1CC(=O)c1ccc(CNC(=O)OCc2cccnc2)cc1.Nc1ccccc1CC(=O)c1ccc(CNc2nccc(-c3cccnc3)n2)cc1. The van der Waals surface area contributed by atoms with Crippen LogP contribution in [0.1, 0.15) is 141 Å². The number of benzene rings is 9. The number of pyridine rings is 4. The summed E-state index contributed by atoms with van der Waals surface area (Å²) in [5.74, 6) is 0.743. The van der Waals surface area contributed by atoms with Gasteiger partial charge in [-0.2, -0.15) is 0 Å². The largest absolute Gasteiger partial charge is 0.445 e. The van der Waals surface area contributed by atoms with Crippen LogP contribution in [-0.2, 0) is 72.9 Å². The fraction of sp³-hybridized carbons (Fsp3) is 0.165. The minimum absolute atomic E-state index is 0.00621. The molecule has 127 heavy (non-hydrogen) atoms.